The van der Waals surface area contributed by atoms with E-state index in [-0.39, 0.29) is 34.9 Å². The number of hydrogen-bond acceptors (Lipinski definition) is 8. The lowest BCUT2D eigenvalue weighted by molar-refractivity contribution is -0.140. The zero-order valence-electron chi connectivity index (χ0n) is 23.0. The summed E-state index contributed by atoms with van der Waals surface area (Å²) in [4.78, 5) is 42.7. The van der Waals surface area contributed by atoms with E-state index in [1.165, 1.54) is 6.26 Å². The number of dihydropyridines is 1. The van der Waals surface area contributed by atoms with Crippen molar-refractivity contribution in [1.29, 1.82) is 0 Å². The molecule has 1 aliphatic heterocycles. The maximum Gasteiger partial charge on any atom is 0.337 e. The maximum absolute atomic E-state index is 13.9. The van der Waals surface area contributed by atoms with Crippen LogP contribution in [0, 0.1) is 6.92 Å². The van der Waals surface area contributed by atoms with Crippen molar-refractivity contribution in [2.45, 2.75) is 45.1 Å². The molecule has 8 heteroatoms. The highest BCUT2D eigenvalue weighted by molar-refractivity contribution is 7.10. The van der Waals surface area contributed by atoms with Gasteiger partial charge in [-0.05, 0) is 61.5 Å². The first-order valence-corrected chi connectivity index (χ1v) is 14.3. The van der Waals surface area contributed by atoms with Gasteiger partial charge in [-0.15, -0.1) is 11.3 Å². The van der Waals surface area contributed by atoms with Gasteiger partial charge in [0.15, 0.2) is 11.2 Å². The molecule has 0 amide bonds. The van der Waals surface area contributed by atoms with E-state index in [1.54, 1.807) is 49.6 Å². The number of benzene rings is 2. The Morgan fingerprint density at radius 3 is 2.61 bits per heavy atom. The van der Waals surface area contributed by atoms with E-state index in [0.717, 1.165) is 21.7 Å². The summed E-state index contributed by atoms with van der Waals surface area (Å²) >= 11 is 1.62. The number of aryl methyl sites for hydroxylation is 1. The highest BCUT2D eigenvalue weighted by Gasteiger charge is 2.43. The Hall–Kier alpha value is -4.43. The molecule has 4 aromatic rings. The molecule has 0 radical (unpaired) electrons. The molecule has 0 bridgehead atoms. The van der Waals surface area contributed by atoms with Crippen molar-refractivity contribution in [3.63, 3.8) is 0 Å². The minimum absolute atomic E-state index is 0.0259. The van der Waals surface area contributed by atoms with Crippen LogP contribution in [0.5, 0.6) is 5.75 Å². The van der Waals surface area contributed by atoms with Gasteiger partial charge in [0.1, 0.15) is 17.9 Å². The quantitative estimate of drug-likeness (QED) is 0.274. The summed E-state index contributed by atoms with van der Waals surface area (Å²) < 4.78 is 16.9. The standard InChI is InChI=1S/C33H29NO6S/c1-18-6-11-27-23(13-18)32(36)24(17-39-27)30-29(33(37)40-16-20-7-9-22(38-3)10-8-20)19(2)34-25-14-21(15-26(35)31(25)30)28-5-4-12-41-28/h4-13,17,21,30,34H,14-16H2,1-3H3/t21-,30+/m0/s1. The first kappa shape index (κ1) is 26.8. The van der Waals surface area contributed by atoms with Crippen molar-refractivity contribution in [2.24, 2.45) is 0 Å². The van der Waals surface area contributed by atoms with Gasteiger partial charge in [0.25, 0.3) is 0 Å². The number of fused-ring (bicyclic) bond motifs is 1. The molecule has 6 rings (SSSR count). The SMILES string of the molecule is COc1ccc(COC(=O)C2=C(C)NC3=C(C(=O)C[C@@H](c4cccs4)C3)[C@@H]2c2coc3ccc(C)cc3c2=O)cc1. The van der Waals surface area contributed by atoms with Gasteiger partial charge in [-0.3, -0.25) is 9.59 Å². The molecule has 0 unspecified atom stereocenters. The average Bonchev–Trinajstić information content (AvgIpc) is 3.51. The fraction of sp³-hybridized carbons (Fsp3) is 0.242. The predicted molar refractivity (Wildman–Crippen MR) is 157 cm³/mol. The van der Waals surface area contributed by atoms with Crippen LogP contribution in [0.3, 0.4) is 0 Å². The van der Waals surface area contributed by atoms with Crippen LogP contribution < -0.4 is 15.5 Å². The first-order valence-electron chi connectivity index (χ1n) is 13.4. The Bertz CT molecular complexity index is 1780. The molecule has 41 heavy (non-hydrogen) atoms. The third kappa shape index (κ3) is 5.00. The summed E-state index contributed by atoms with van der Waals surface area (Å²) in [5.74, 6) is -0.878. The third-order valence-electron chi connectivity index (χ3n) is 7.79. The number of allylic oxidation sites excluding steroid dienone is 3. The van der Waals surface area contributed by atoms with Gasteiger partial charge in [-0.25, -0.2) is 4.79 Å². The molecule has 1 N–H and O–H groups in total. The number of nitrogens with one attached hydrogen (secondary N) is 1. The van der Waals surface area contributed by atoms with E-state index in [0.29, 0.717) is 40.8 Å². The molecule has 2 atom stereocenters. The number of Topliss-reactive ketones (excluding diaryl/α,β-unsaturated/α-hetero) is 1. The topological polar surface area (TPSA) is 94.8 Å². The Morgan fingerprint density at radius 2 is 1.88 bits per heavy atom. The molecule has 3 heterocycles. The van der Waals surface area contributed by atoms with Crippen LogP contribution in [-0.2, 0) is 20.9 Å². The molecule has 208 valence electrons. The van der Waals surface area contributed by atoms with Crippen molar-refractivity contribution in [3.05, 3.63) is 121 Å². The highest BCUT2D eigenvalue weighted by Crippen LogP contribution is 2.46. The zero-order chi connectivity index (χ0) is 28.7. The molecule has 7 nitrogen and oxygen atoms in total. The van der Waals surface area contributed by atoms with Crippen molar-refractivity contribution in [3.8, 4) is 5.75 Å². The lowest BCUT2D eigenvalue weighted by Gasteiger charge is -2.36. The van der Waals surface area contributed by atoms with Gasteiger partial charge >= 0.3 is 5.97 Å². The second-order valence-corrected chi connectivity index (χ2v) is 11.5. The Morgan fingerprint density at radius 1 is 1.07 bits per heavy atom. The van der Waals surface area contributed by atoms with Gasteiger partial charge in [-0.2, -0.15) is 0 Å². The largest absolute Gasteiger partial charge is 0.497 e. The number of hydrogen-bond donors (Lipinski definition) is 1. The fourth-order valence-corrected chi connectivity index (χ4v) is 6.58. The highest BCUT2D eigenvalue weighted by atomic mass is 32.1. The second-order valence-electron chi connectivity index (χ2n) is 10.5. The Balaban J connectivity index is 1.43. The smallest absolute Gasteiger partial charge is 0.337 e. The van der Waals surface area contributed by atoms with Gasteiger partial charge in [0.2, 0.25) is 0 Å². The molecular formula is C33H29NO6S. The summed E-state index contributed by atoms with van der Waals surface area (Å²) in [5, 5.41) is 5.76. The van der Waals surface area contributed by atoms with E-state index in [2.05, 4.69) is 5.32 Å². The molecule has 2 aromatic carbocycles. The lowest BCUT2D eigenvalue weighted by Crippen LogP contribution is -2.37. The van der Waals surface area contributed by atoms with Crippen LogP contribution in [0.4, 0.5) is 0 Å². The first-order chi connectivity index (χ1) is 19.8. The summed E-state index contributed by atoms with van der Waals surface area (Å²) in [6, 6.07) is 16.7. The average molecular weight is 568 g/mol. The van der Waals surface area contributed by atoms with E-state index in [9.17, 15) is 14.4 Å². The number of esters is 1. The monoisotopic (exact) mass is 567 g/mol. The Labute approximate surface area is 241 Å². The van der Waals surface area contributed by atoms with Crippen molar-refractivity contribution >= 4 is 34.1 Å². The van der Waals surface area contributed by atoms with E-state index >= 15 is 0 Å². The minimum atomic E-state index is -0.910. The van der Waals surface area contributed by atoms with Crippen LogP contribution in [0.2, 0.25) is 0 Å². The maximum atomic E-state index is 13.9. The molecule has 1 aliphatic carbocycles. The normalized spacial score (nSPS) is 18.8. The van der Waals surface area contributed by atoms with Gasteiger partial charge in [-0.1, -0.05) is 29.8 Å². The summed E-state index contributed by atoms with van der Waals surface area (Å²) in [5.41, 5.74) is 4.07. The van der Waals surface area contributed by atoms with Crippen molar-refractivity contribution < 1.29 is 23.5 Å². The van der Waals surface area contributed by atoms with Crippen LogP contribution in [0.15, 0.2) is 98.0 Å². The minimum Gasteiger partial charge on any atom is -0.497 e. The molecule has 0 fully saturated rings. The number of thiophene rings is 1. The number of carbonyl (C=O) groups is 2. The van der Waals surface area contributed by atoms with E-state index in [4.69, 9.17) is 13.9 Å². The van der Waals surface area contributed by atoms with Crippen LogP contribution >= 0.6 is 11.3 Å². The molecule has 0 saturated heterocycles. The number of carbonyl (C=O) groups excluding carboxylic acids is 2. The van der Waals surface area contributed by atoms with E-state index in [1.807, 2.05) is 42.6 Å². The number of ether oxygens (including phenoxy) is 2. The van der Waals surface area contributed by atoms with Crippen LogP contribution in [0.25, 0.3) is 11.0 Å². The molecule has 2 aliphatic rings. The number of rotatable bonds is 6. The molecule has 0 saturated carbocycles. The zero-order valence-corrected chi connectivity index (χ0v) is 23.8. The molecular weight excluding hydrogens is 538 g/mol. The van der Waals surface area contributed by atoms with Crippen LogP contribution in [-0.4, -0.2) is 18.9 Å². The van der Waals surface area contributed by atoms with Gasteiger partial charge < -0.3 is 19.2 Å². The summed E-state index contributed by atoms with van der Waals surface area (Å²) in [7, 11) is 1.59. The molecule has 0 spiro atoms. The number of ketones is 1. The molecule has 2 aromatic heterocycles. The summed E-state index contributed by atoms with van der Waals surface area (Å²) in [6.45, 7) is 3.71. The number of methoxy groups -OCH3 is 1. The van der Waals surface area contributed by atoms with Gasteiger partial charge in [0, 0.05) is 39.7 Å². The van der Waals surface area contributed by atoms with E-state index < -0.39 is 11.9 Å². The van der Waals surface area contributed by atoms with Crippen molar-refractivity contribution in [1.82, 2.24) is 5.32 Å². The van der Waals surface area contributed by atoms with Crippen molar-refractivity contribution in [2.75, 3.05) is 7.11 Å². The fourth-order valence-electron chi connectivity index (χ4n) is 5.75. The van der Waals surface area contributed by atoms with Gasteiger partial charge in [0.05, 0.1) is 30.3 Å². The second kappa shape index (κ2) is 10.9. The third-order valence-corrected chi connectivity index (χ3v) is 8.82. The summed E-state index contributed by atoms with van der Waals surface area (Å²) in [6.07, 6.45) is 2.29. The Kier molecular flexibility index (Phi) is 7.09. The lowest BCUT2D eigenvalue weighted by atomic mass is 9.73. The predicted octanol–water partition coefficient (Wildman–Crippen LogP) is 6.28. The van der Waals surface area contributed by atoms with Crippen LogP contribution in [0.1, 0.15) is 53.2 Å².